The van der Waals surface area contributed by atoms with E-state index in [0.29, 0.717) is 25.5 Å². The summed E-state index contributed by atoms with van der Waals surface area (Å²) in [6.45, 7) is 5.57. The second-order valence-corrected chi connectivity index (χ2v) is 3.98. The first-order valence-corrected chi connectivity index (χ1v) is 4.94. The number of carboxylic acids is 1. The first-order chi connectivity index (χ1) is 7.06. The molecule has 5 nitrogen and oxygen atoms in total. The smallest absolute Gasteiger partial charge is 0.309 e. The predicted octanol–water partition coefficient (Wildman–Crippen LogP) is 0.808. The van der Waals surface area contributed by atoms with Crippen LogP contribution in [0.15, 0.2) is 4.42 Å². The van der Waals surface area contributed by atoms with Crippen LogP contribution in [0.25, 0.3) is 0 Å². The number of oxazole rings is 1. The van der Waals surface area contributed by atoms with Crippen molar-refractivity contribution in [3.05, 3.63) is 17.3 Å². The Hall–Kier alpha value is -1.36. The molecule has 1 aliphatic rings. The van der Waals surface area contributed by atoms with E-state index in [0.717, 1.165) is 11.5 Å². The minimum atomic E-state index is -0.717. The molecule has 0 unspecified atom stereocenters. The van der Waals surface area contributed by atoms with Crippen LogP contribution in [0.5, 0.6) is 0 Å². The van der Waals surface area contributed by atoms with Gasteiger partial charge in [0.2, 0.25) is 5.89 Å². The third-order valence-corrected chi connectivity index (χ3v) is 2.74. The third-order valence-electron chi connectivity index (χ3n) is 2.74. The number of aliphatic carboxylic acids is 1. The van der Waals surface area contributed by atoms with Gasteiger partial charge in [0.25, 0.3) is 0 Å². The Bertz CT molecular complexity index is 361. The predicted molar refractivity (Wildman–Crippen MR) is 52.4 cm³/mol. The number of rotatable bonds is 3. The zero-order chi connectivity index (χ0) is 11.0. The van der Waals surface area contributed by atoms with Gasteiger partial charge in [-0.2, -0.15) is 0 Å². The molecule has 0 aromatic carbocycles. The van der Waals surface area contributed by atoms with Crippen LogP contribution >= 0.6 is 0 Å². The van der Waals surface area contributed by atoms with E-state index in [-0.39, 0.29) is 5.92 Å². The van der Waals surface area contributed by atoms with Crippen LogP contribution in [0.1, 0.15) is 17.3 Å². The highest BCUT2D eigenvalue weighted by molar-refractivity contribution is 5.71. The van der Waals surface area contributed by atoms with Gasteiger partial charge in [0.05, 0.1) is 18.2 Å². The van der Waals surface area contributed by atoms with Gasteiger partial charge >= 0.3 is 5.97 Å². The molecule has 1 N–H and O–H groups in total. The maximum absolute atomic E-state index is 10.6. The first-order valence-electron chi connectivity index (χ1n) is 4.94. The van der Waals surface area contributed by atoms with Gasteiger partial charge in [-0.1, -0.05) is 0 Å². The van der Waals surface area contributed by atoms with Crippen molar-refractivity contribution < 1.29 is 14.3 Å². The van der Waals surface area contributed by atoms with Crippen molar-refractivity contribution in [2.24, 2.45) is 5.92 Å². The normalized spacial score (nSPS) is 17.7. The van der Waals surface area contributed by atoms with Crippen molar-refractivity contribution in [1.82, 2.24) is 9.88 Å². The molecular weight excluding hydrogens is 196 g/mol. The largest absolute Gasteiger partial charge is 0.481 e. The van der Waals surface area contributed by atoms with Crippen LogP contribution in [0, 0.1) is 19.8 Å². The molecule has 0 aliphatic carbocycles. The fourth-order valence-electron chi connectivity index (χ4n) is 1.65. The van der Waals surface area contributed by atoms with Crippen molar-refractivity contribution in [3.63, 3.8) is 0 Å². The SMILES string of the molecule is Cc1nc(CN2CC(C(=O)O)C2)oc1C. The van der Waals surface area contributed by atoms with E-state index in [1.165, 1.54) is 0 Å². The van der Waals surface area contributed by atoms with Crippen LogP contribution < -0.4 is 0 Å². The zero-order valence-corrected chi connectivity index (χ0v) is 8.86. The standard InChI is InChI=1S/C10H14N2O3/c1-6-7(2)15-9(11-6)5-12-3-8(4-12)10(13)14/h8H,3-5H2,1-2H3,(H,13,14). The molecule has 1 saturated heterocycles. The molecule has 82 valence electrons. The van der Waals surface area contributed by atoms with Crippen molar-refractivity contribution in [1.29, 1.82) is 0 Å². The summed E-state index contributed by atoms with van der Waals surface area (Å²) in [4.78, 5) is 16.8. The monoisotopic (exact) mass is 210 g/mol. The topological polar surface area (TPSA) is 66.6 Å². The van der Waals surface area contributed by atoms with Crippen LogP contribution in [0.4, 0.5) is 0 Å². The third kappa shape index (κ3) is 2.02. The molecule has 2 rings (SSSR count). The molecule has 0 spiro atoms. The van der Waals surface area contributed by atoms with Crippen LogP contribution in [-0.2, 0) is 11.3 Å². The Morgan fingerprint density at radius 2 is 2.27 bits per heavy atom. The number of carboxylic acid groups (broad SMARTS) is 1. The van der Waals surface area contributed by atoms with Crippen LogP contribution in [0.2, 0.25) is 0 Å². The summed E-state index contributed by atoms with van der Waals surface area (Å²) in [6.07, 6.45) is 0. The van der Waals surface area contributed by atoms with E-state index in [1.807, 2.05) is 18.7 Å². The Kier molecular flexibility index (Phi) is 2.48. The van der Waals surface area contributed by atoms with Gasteiger partial charge in [0, 0.05) is 13.1 Å². The average Bonchev–Trinajstić information content (AvgIpc) is 2.37. The molecule has 1 aliphatic heterocycles. The second kappa shape index (κ2) is 3.66. The van der Waals surface area contributed by atoms with Gasteiger partial charge in [-0.25, -0.2) is 4.98 Å². The molecule has 1 fully saturated rings. The number of hydrogen-bond acceptors (Lipinski definition) is 4. The van der Waals surface area contributed by atoms with E-state index in [2.05, 4.69) is 4.98 Å². The van der Waals surface area contributed by atoms with Crippen LogP contribution in [0.3, 0.4) is 0 Å². The lowest BCUT2D eigenvalue weighted by Gasteiger charge is -2.35. The lowest BCUT2D eigenvalue weighted by atomic mass is 10.0. The van der Waals surface area contributed by atoms with Crippen molar-refractivity contribution in [3.8, 4) is 0 Å². The lowest BCUT2D eigenvalue weighted by Crippen LogP contribution is -2.49. The van der Waals surface area contributed by atoms with Gasteiger partial charge in [0.15, 0.2) is 0 Å². The minimum absolute atomic E-state index is 0.220. The molecule has 0 bridgehead atoms. The van der Waals surface area contributed by atoms with Gasteiger partial charge in [-0.05, 0) is 13.8 Å². The van der Waals surface area contributed by atoms with E-state index >= 15 is 0 Å². The zero-order valence-electron chi connectivity index (χ0n) is 8.86. The fourth-order valence-corrected chi connectivity index (χ4v) is 1.65. The van der Waals surface area contributed by atoms with Crippen molar-refractivity contribution >= 4 is 5.97 Å². The quantitative estimate of drug-likeness (QED) is 0.799. The second-order valence-electron chi connectivity index (χ2n) is 3.98. The summed E-state index contributed by atoms with van der Waals surface area (Å²) in [5, 5.41) is 8.70. The maximum atomic E-state index is 10.6. The summed E-state index contributed by atoms with van der Waals surface area (Å²) in [6, 6.07) is 0. The summed E-state index contributed by atoms with van der Waals surface area (Å²) in [5.74, 6) is 0.572. The molecule has 1 aromatic heterocycles. The summed E-state index contributed by atoms with van der Waals surface area (Å²) in [5.41, 5.74) is 0.903. The van der Waals surface area contributed by atoms with Gasteiger partial charge in [0.1, 0.15) is 5.76 Å². The lowest BCUT2D eigenvalue weighted by molar-refractivity contribution is -0.147. The summed E-state index contributed by atoms with van der Waals surface area (Å²) >= 11 is 0. The molecular formula is C10H14N2O3. The van der Waals surface area contributed by atoms with Crippen LogP contribution in [-0.4, -0.2) is 34.0 Å². The number of aromatic nitrogens is 1. The molecule has 0 atom stereocenters. The Balaban J connectivity index is 1.87. The number of likely N-dealkylation sites (tertiary alicyclic amines) is 1. The molecule has 1 aromatic rings. The van der Waals surface area contributed by atoms with Crippen molar-refractivity contribution in [2.75, 3.05) is 13.1 Å². The number of hydrogen-bond donors (Lipinski definition) is 1. The maximum Gasteiger partial charge on any atom is 0.309 e. The number of nitrogens with zero attached hydrogens (tertiary/aromatic N) is 2. The van der Waals surface area contributed by atoms with E-state index in [9.17, 15) is 4.79 Å². The molecule has 0 saturated carbocycles. The average molecular weight is 210 g/mol. The Labute approximate surface area is 87.7 Å². The van der Waals surface area contributed by atoms with Gasteiger partial charge in [-0.3, -0.25) is 9.69 Å². The highest BCUT2D eigenvalue weighted by Crippen LogP contribution is 2.19. The highest BCUT2D eigenvalue weighted by Gasteiger charge is 2.33. The molecule has 2 heterocycles. The van der Waals surface area contributed by atoms with Gasteiger partial charge in [-0.15, -0.1) is 0 Å². The van der Waals surface area contributed by atoms with Gasteiger partial charge < -0.3 is 9.52 Å². The first kappa shape index (κ1) is 10.2. The van der Waals surface area contributed by atoms with E-state index in [1.54, 1.807) is 0 Å². The number of aryl methyl sites for hydroxylation is 2. The minimum Gasteiger partial charge on any atom is -0.481 e. The molecule has 0 amide bonds. The molecule has 0 radical (unpaired) electrons. The highest BCUT2D eigenvalue weighted by atomic mass is 16.4. The molecule has 5 heteroatoms. The van der Waals surface area contributed by atoms with E-state index in [4.69, 9.17) is 9.52 Å². The number of carbonyl (C=O) groups is 1. The Morgan fingerprint density at radius 1 is 1.60 bits per heavy atom. The molecule has 15 heavy (non-hydrogen) atoms. The van der Waals surface area contributed by atoms with E-state index < -0.39 is 5.97 Å². The summed E-state index contributed by atoms with van der Waals surface area (Å²) in [7, 11) is 0. The Morgan fingerprint density at radius 3 is 2.73 bits per heavy atom. The van der Waals surface area contributed by atoms with Crippen molar-refractivity contribution in [2.45, 2.75) is 20.4 Å². The fraction of sp³-hybridized carbons (Fsp3) is 0.600. The summed E-state index contributed by atoms with van der Waals surface area (Å²) < 4.78 is 5.42.